The number of ether oxygens (including phenoxy) is 1. The number of rotatable bonds is 20. The van der Waals surface area contributed by atoms with Crippen molar-refractivity contribution in [1.82, 2.24) is 14.5 Å². The Morgan fingerprint density at radius 1 is 0.868 bits per heavy atom. The number of likely N-dealkylation sites (tertiary alicyclic amines) is 1. The van der Waals surface area contributed by atoms with Crippen LogP contribution >= 0.6 is 11.8 Å². The molecule has 1 amide bonds. The molecule has 2 saturated heterocycles. The standard InChI is InChI=1S/C49H64F5N5O6S3/c1-35(11-18-45(50)51)42-32-47(2,3)21-19-37(42)33-58-27-29-59(30-28-58)39-14-12-36(13-15-39)46(60)56-68(63,64)41-16-17-43(44(31-41)67(61,62)49(52,53)54)55-38(34-66-40-9-7-6-8-10-40)20-24-57-25-22-48(4,65-5)23-26-57/h6-10,12-17,31,38,45,55H,1,11,18-30,32-34H2,2-5H3,(H,56,60)/t38-/m1/s1. The maximum atomic E-state index is 14.3. The number of amides is 1. The zero-order valence-corrected chi connectivity index (χ0v) is 41.7. The van der Waals surface area contributed by atoms with Crippen LogP contribution in [-0.4, -0.2) is 121 Å². The normalized spacial score (nSPS) is 18.9. The average molecular weight is 1010 g/mol. The van der Waals surface area contributed by atoms with Crippen LogP contribution in [0.1, 0.15) is 82.5 Å². The second kappa shape index (κ2) is 22.4. The zero-order valence-electron chi connectivity index (χ0n) is 39.2. The molecule has 1 atom stereocenters. The van der Waals surface area contributed by atoms with Crippen LogP contribution in [0.4, 0.5) is 33.3 Å². The smallest absolute Gasteiger partial charge is 0.380 e. The molecule has 3 aliphatic rings. The summed E-state index contributed by atoms with van der Waals surface area (Å²) in [6, 6.07) is 17.5. The SMILES string of the molecule is C=C(CCC(F)F)C1=C(CN2CCN(c3ccc(C(=O)NS(=O)(=O)c4ccc(N[C@H](CCN5CCC(C)(OC)CC5)CSc5ccccc5)c(S(=O)(=O)C(F)(F)F)c4)cc3)CC2)CCC(C)(C)C1. The van der Waals surface area contributed by atoms with Gasteiger partial charge in [0, 0.05) is 93.8 Å². The molecule has 3 aromatic rings. The molecule has 2 heterocycles. The number of piperidine rings is 1. The van der Waals surface area contributed by atoms with Crippen molar-refractivity contribution in [3.8, 4) is 0 Å². The summed E-state index contributed by atoms with van der Waals surface area (Å²) in [6.07, 6.45) is 2.40. The minimum atomic E-state index is -6.08. The number of nitrogens with one attached hydrogen (secondary N) is 2. The Morgan fingerprint density at radius 2 is 1.53 bits per heavy atom. The second-order valence-corrected chi connectivity index (χ2v) is 23.7. The van der Waals surface area contributed by atoms with Crippen LogP contribution in [0, 0.1) is 5.41 Å². The highest BCUT2D eigenvalue weighted by Crippen LogP contribution is 2.43. The first-order chi connectivity index (χ1) is 32.0. The average Bonchev–Trinajstić information content (AvgIpc) is 3.30. The van der Waals surface area contributed by atoms with Gasteiger partial charge in [-0.25, -0.2) is 30.3 Å². The van der Waals surface area contributed by atoms with Crippen LogP contribution < -0.4 is 14.9 Å². The van der Waals surface area contributed by atoms with E-state index in [0.717, 1.165) is 98.7 Å². The van der Waals surface area contributed by atoms with Crippen molar-refractivity contribution in [3.05, 3.63) is 102 Å². The van der Waals surface area contributed by atoms with Crippen molar-refractivity contribution >= 4 is 48.9 Å². The largest absolute Gasteiger partial charge is 0.501 e. The van der Waals surface area contributed by atoms with Gasteiger partial charge in [0.1, 0.15) is 4.90 Å². The molecule has 19 heteroatoms. The number of carbonyl (C=O) groups excluding carboxylic acids is 1. The summed E-state index contributed by atoms with van der Waals surface area (Å²) in [7, 11) is -9.28. The van der Waals surface area contributed by atoms with Crippen molar-refractivity contribution in [1.29, 1.82) is 0 Å². The molecule has 2 aliphatic heterocycles. The highest BCUT2D eigenvalue weighted by molar-refractivity contribution is 7.99. The van der Waals surface area contributed by atoms with E-state index in [1.165, 1.54) is 29.5 Å². The molecule has 0 aromatic heterocycles. The minimum Gasteiger partial charge on any atom is -0.380 e. The second-order valence-electron chi connectivity index (χ2n) is 19.1. The van der Waals surface area contributed by atoms with Gasteiger partial charge < -0.3 is 19.9 Å². The number of sulfone groups is 1. The molecule has 374 valence electrons. The molecule has 6 rings (SSSR count). The quantitative estimate of drug-likeness (QED) is 0.0830. The molecule has 2 fully saturated rings. The maximum Gasteiger partial charge on any atom is 0.501 e. The highest BCUT2D eigenvalue weighted by Gasteiger charge is 2.48. The van der Waals surface area contributed by atoms with Gasteiger partial charge in [-0.2, -0.15) is 13.2 Å². The molecule has 1 aliphatic carbocycles. The predicted molar refractivity (Wildman–Crippen MR) is 259 cm³/mol. The van der Waals surface area contributed by atoms with Gasteiger partial charge in [0.15, 0.2) is 0 Å². The Hall–Kier alpha value is -4.01. The van der Waals surface area contributed by atoms with E-state index in [2.05, 4.69) is 40.4 Å². The van der Waals surface area contributed by atoms with E-state index in [1.54, 1.807) is 19.2 Å². The van der Waals surface area contributed by atoms with Crippen LogP contribution in [0.3, 0.4) is 0 Å². The molecule has 0 radical (unpaired) electrons. The lowest BCUT2D eigenvalue weighted by molar-refractivity contribution is -0.0437. The van der Waals surface area contributed by atoms with Gasteiger partial charge in [0.05, 0.1) is 16.2 Å². The Bertz CT molecular complexity index is 2470. The monoisotopic (exact) mass is 1010 g/mol. The van der Waals surface area contributed by atoms with Crippen molar-refractivity contribution in [2.45, 2.75) is 110 Å². The molecular formula is C49H64F5N5O6S3. The Labute approximate surface area is 402 Å². The Kier molecular flexibility index (Phi) is 17.6. The zero-order chi connectivity index (χ0) is 49.5. The summed E-state index contributed by atoms with van der Waals surface area (Å²) in [5.41, 5.74) is -2.43. The van der Waals surface area contributed by atoms with Gasteiger partial charge in [-0.3, -0.25) is 9.69 Å². The third-order valence-electron chi connectivity index (χ3n) is 13.4. The molecular weight excluding hydrogens is 946 g/mol. The van der Waals surface area contributed by atoms with Crippen LogP contribution in [0.15, 0.2) is 111 Å². The van der Waals surface area contributed by atoms with E-state index in [1.807, 2.05) is 42.0 Å². The number of piperazine rings is 1. The number of alkyl halides is 5. The molecule has 68 heavy (non-hydrogen) atoms. The van der Waals surface area contributed by atoms with E-state index in [9.17, 15) is 43.6 Å². The predicted octanol–water partition coefficient (Wildman–Crippen LogP) is 9.79. The third-order valence-corrected chi connectivity index (χ3v) is 17.4. The maximum absolute atomic E-state index is 14.3. The minimum absolute atomic E-state index is 0.0385. The van der Waals surface area contributed by atoms with Crippen molar-refractivity contribution in [2.75, 3.05) is 75.4 Å². The van der Waals surface area contributed by atoms with E-state index in [4.69, 9.17) is 4.74 Å². The van der Waals surface area contributed by atoms with Crippen molar-refractivity contribution in [3.63, 3.8) is 0 Å². The molecule has 11 nitrogen and oxygen atoms in total. The lowest BCUT2D eigenvalue weighted by Gasteiger charge is -2.39. The summed E-state index contributed by atoms with van der Waals surface area (Å²) in [5, 5.41) is 3.01. The number of benzene rings is 3. The fourth-order valence-corrected chi connectivity index (χ4v) is 11.9. The number of halogens is 5. The van der Waals surface area contributed by atoms with E-state index >= 15 is 0 Å². The summed E-state index contributed by atoms with van der Waals surface area (Å²) in [6.45, 7) is 16.2. The lowest BCUT2D eigenvalue weighted by Crippen LogP contribution is -2.47. The van der Waals surface area contributed by atoms with Crippen molar-refractivity contribution < 1.29 is 48.3 Å². The molecule has 2 N–H and O–H groups in total. The number of hydrogen-bond acceptors (Lipinski definition) is 11. The Balaban J connectivity index is 1.12. The topological polar surface area (TPSA) is 128 Å². The number of nitrogens with zero attached hydrogens (tertiary/aromatic N) is 3. The van der Waals surface area contributed by atoms with Gasteiger partial charge in [0.2, 0.25) is 6.43 Å². The number of anilines is 2. The number of sulfonamides is 1. The summed E-state index contributed by atoms with van der Waals surface area (Å²) in [4.78, 5) is 18.8. The number of carbonyl (C=O) groups is 1. The van der Waals surface area contributed by atoms with E-state index < -0.39 is 59.2 Å². The number of hydrogen-bond donors (Lipinski definition) is 2. The van der Waals surface area contributed by atoms with Crippen LogP contribution in [-0.2, 0) is 24.6 Å². The molecule has 0 saturated carbocycles. The fraction of sp³-hybridized carbons (Fsp3) is 0.531. The summed E-state index contributed by atoms with van der Waals surface area (Å²) >= 11 is 1.44. The van der Waals surface area contributed by atoms with Gasteiger partial charge >= 0.3 is 5.51 Å². The number of methoxy groups -OCH3 is 1. The first kappa shape index (κ1) is 53.3. The van der Waals surface area contributed by atoms with E-state index in [-0.39, 0.29) is 29.4 Å². The number of allylic oxidation sites excluding steroid dienone is 2. The Morgan fingerprint density at radius 3 is 2.15 bits per heavy atom. The van der Waals surface area contributed by atoms with Gasteiger partial charge in [-0.1, -0.05) is 49.8 Å². The summed E-state index contributed by atoms with van der Waals surface area (Å²) in [5.74, 6) is -0.700. The van der Waals surface area contributed by atoms with E-state index in [0.29, 0.717) is 37.9 Å². The van der Waals surface area contributed by atoms with Gasteiger partial charge in [-0.15, -0.1) is 11.8 Å². The molecule has 0 bridgehead atoms. The fourth-order valence-electron chi connectivity index (χ4n) is 8.87. The molecule has 0 spiro atoms. The van der Waals surface area contributed by atoms with Crippen LogP contribution in [0.2, 0.25) is 0 Å². The first-order valence-electron chi connectivity index (χ1n) is 23.0. The van der Waals surface area contributed by atoms with Crippen molar-refractivity contribution in [2.24, 2.45) is 5.41 Å². The lowest BCUT2D eigenvalue weighted by atomic mass is 9.72. The van der Waals surface area contributed by atoms with Gasteiger partial charge in [0.25, 0.3) is 25.8 Å². The van der Waals surface area contributed by atoms with Gasteiger partial charge in [-0.05, 0) is 117 Å². The summed E-state index contributed by atoms with van der Waals surface area (Å²) < 4.78 is 130. The first-order valence-corrected chi connectivity index (χ1v) is 26.9. The van der Waals surface area contributed by atoms with Crippen LogP contribution in [0.25, 0.3) is 0 Å². The highest BCUT2D eigenvalue weighted by atomic mass is 32.2. The van der Waals surface area contributed by atoms with Crippen LogP contribution in [0.5, 0.6) is 0 Å². The third kappa shape index (κ3) is 14.1. The number of thioether (sulfide) groups is 1. The molecule has 0 unspecified atom stereocenters. The molecule has 3 aromatic carbocycles.